The Hall–Kier alpha value is -1.10. The Morgan fingerprint density at radius 3 is 2.70 bits per heavy atom. The maximum atomic E-state index is 12.4. The molecule has 0 bridgehead atoms. The lowest BCUT2D eigenvalue weighted by molar-refractivity contribution is -0.126. The first kappa shape index (κ1) is 17.0. The van der Waals surface area contributed by atoms with E-state index in [4.69, 9.17) is 10.5 Å². The summed E-state index contributed by atoms with van der Waals surface area (Å²) in [7, 11) is 0. The van der Waals surface area contributed by atoms with E-state index >= 15 is 0 Å². The Bertz CT molecular complexity index is 415. The molecular weight excluding hydrogens is 276 g/mol. The molecule has 2 rings (SSSR count). The van der Waals surface area contributed by atoms with E-state index in [1.807, 2.05) is 30.3 Å². The van der Waals surface area contributed by atoms with Gasteiger partial charge in [0.1, 0.15) is 5.54 Å². The van der Waals surface area contributed by atoms with Crippen LogP contribution in [0.4, 0.5) is 0 Å². The number of hydrogen-bond donors (Lipinski definition) is 2. The van der Waals surface area contributed by atoms with Crippen LogP contribution in [0, 0.1) is 0 Å². The zero-order valence-corrected chi connectivity index (χ0v) is 12.6. The molecule has 1 saturated heterocycles. The maximum Gasteiger partial charge on any atom is 0.244 e. The summed E-state index contributed by atoms with van der Waals surface area (Å²) in [6.07, 6.45) is 2.80. The van der Waals surface area contributed by atoms with Crippen LogP contribution >= 0.6 is 12.4 Å². The number of carbonyl (C=O) groups is 1. The monoisotopic (exact) mass is 298 g/mol. The van der Waals surface area contributed by atoms with E-state index in [1.165, 1.54) is 0 Å². The van der Waals surface area contributed by atoms with Crippen molar-refractivity contribution < 1.29 is 9.53 Å². The van der Waals surface area contributed by atoms with E-state index in [9.17, 15) is 4.79 Å². The van der Waals surface area contributed by atoms with Gasteiger partial charge in [0.15, 0.2) is 0 Å². The number of halogens is 1. The van der Waals surface area contributed by atoms with Crippen molar-refractivity contribution in [3.63, 3.8) is 0 Å². The van der Waals surface area contributed by atoms with Gasteiger partial charge in [0, 0.05) is 19.3 Å². The number of hydrogen-bond acceptors (Lipinski definition) is 3. The van der Waals surface area contributed by atoms with Gasteiger partial charge in [-0.05, 0) is 31.7 Å². The Kier molecular flexibility index (Phi) is 6.46. The smallest absolute Gasteiger partial charge is 0.244 e. The summed E-state index contributed by atoms with van der Waals surface area (Å²) < 4.78 is 5.39. The molecule has 20 heavy (non-hydrogen) atoms. The van der Waals surface area contributed by atoms with Crippen molar-refractivity contribution in [3.05, 3.63) is 35.9 Å². The summed E-state index contributed by atoms with van der Waals surface area (Å²) in [6.45, 7) is 3.24. The molecular formula is C15H23ClN2O2. The van der Waals surface area contributed by atoms with Gasteiger partial charge in [0.25, 0.3) is 0 Å². The van der Waals surface area contributed by atoms with Gasteiger partial charge in [-0.15, -0.1) is 12.4 Å². The fourth-order valence-corrected chi connectivity index (χ4v) is 2.30. The van der Waals surface area contributed by atoms with E-state index in [-0.39, 0.29) is 24.4 Å². The summed E-state index contributed by atoms with van der Waals surface area (Å²) in [5, 5.41) is 3.05. The van der Waals surface area contributed by atoms with Crippen molar-refractivity contribution in [2.45, 2.75) is 37.8 Å². The van der Waals surface area contributed by atoms with Crippen molar-refractivity contribution in [1.82, 2.24) is 5.32 Å². The molecule has 0 saturated carbocycles. The van der Waals surface area contributed by atoms with Crippen LogP contribution < -0.4 is 11.1 Å². The summed E-state index contributed by atoms with van der Waals surface area (Å²) >= 11 is 0. The third-order valence-electron chi connectivity index (χ3n) is 3.63. The van der Waals surface area contributed by atoms with Gasteiger partial charge in [-0.3, -0.25) is 4.79 Å². The Labute approximate surface area is 126 Å². The number of amides is 1. The topological polar surface area (TPSA) is 64.4 Å². The highest BCUT2D eigenvalue weighted by Crippen LogP contribution is 2.18. The molecule has 1 aromatic rings. The highest BCUT2D eigenvalue weighted by Gasteiger charge is 2.31. The van der Waals surface area contributed by atoms with Gasteiger partial charge >= 0.3 is 0 Å². The first-order chi connectivity index (χ1) is 9.10. The van der Waals surface area contributed by atoms with Crippen LogP contribution in [0.5, 0.6) is 0 Å². The summed E-state index contributed by atoms with van der Waals surface area (Å²) in [4.78, 5) is 12.4. The number of nitrogens with one attached hydrogen (secondary N) is 1. The highest BCUT2D eigenvalue weighted by atomic mass is 35.5. The largest absolute Gasteiger partial charge is 0.381 e. The zero-order chi connectivity index (χ0) is 13.7. The average Bonchev–Trinajstić information content (AvgIpc) is 2.68. The quantitative estimate of drug-likeness (QED) is 0.897. The Morgan fingerprint density at radius 1 is 1.30 bits per heavy atom. The Morgan fingerprint density at radius 2 is 2.00 bits per heavy atom. The summed E-state index contributed by atoms with van der Waals surface area (Å²) in [5.41, 5.74) is 6.03. The molecule has 2 atom stereocenters. The van der Waals surface area contributed by atoms with Crippen LogP contribution in [0.15, 0.2) is 30.3 Å². The maximum absolute atomic E-state index is 12.4. The molecule has 2 unspecified atom stereocenters. The second-order valence-electron chi connectivity index (χ2n) is 5.28. The van der Waals surface area contributed by atoms with Gasteiger partial charge in [0.05, 0.1) is 0 Å². The molecule has 1 amide bonds. The van der Waals surface area contributed by atoms with E-state index in [0.29, 0.717) is 6.61 Å². The molecule has 1 aliphatic heterocycles. The van der Waals surface area contributed by atoms with Crippen LogP contribution in [-0.4, -0.2) is 25.2 Å². The number of nitrogens with two attached hydrogens (primary N) is 1. The third-order valence-corrected chi connectivity index (χ3v) is 3.63. The molecule has 0 radical (unpaired) electrons. The first-order valence-electron chi connectivity index (χ1n) is 6.84. The van der Waals surface area contributed by atoms with Crippen LogP contribution in [0.1, 0.15) is 31.7 Å². The highest BCUT2D eigenvalue weighted by molar-refractivity contribution is 5.87. The van der Waals surface area contributed by atoms with Gasteiger partial charge in [-0.25, -0.2) is 0 Å². The minimum Gasteiger partial charge on any atom is -0.381 e. The SMILES string of the molecule is CC(N)(C(=O)NC1CCCOCC1)c1ccccc1.Cl. The molecule has 112 valence electrons. The molecule has 3 N–H and O–H groups in total. The Balaban J connectivity index is 0.00000200. The third kappa shape index (κ3) is 4.20. The van der Waals surface area contributed by atoms with Crippen molar-refractivity contribution in [2.24, 2.45) is 5.73 Å². The molecule has 1 fully saturated rings. The summed E-state index contributed by atoms with van der Waals surface area (Å²) in [5.74, 6) is -0.120. The normalized spacial score (nSPS) is 22.0. The minimum atomic E-state index is -0.992. The van der Waals surface area contributed by atoms with Crippen molar-refractivity contribution in [1.29, 1.82) is 0 Å². The van der Waals surface area contributed by atoms with E-state index < -0.39 is 5.54 Å². The molecule has 5 heteroatoms. The lowest BCUT2D eigenvalue weighted by Crippen LogP contribution is -2.52. The fourth-order valence-electron chi connectivity index (χ4n) is 2.30. The minimum absolute atomic E-state index is 0. The summed E-state index contributed by atoms with van der Waals surface area (Å²) in [6, 6.07) is 9.65. The molecule has 0 aromatic heterocycles. The van der Waals surface area contributed by atoms with Crippen molar-refractivity contribution in [2.75, 3.05) is 13.2 Å². The van der Waals surface area contributed by atoms with E-state index in [0.717, 1.165) is 31.4 Å². The van der Waals surface area contributed by atoms with Gasteiger partial charge in [-0.2, -0.15) is 0 Å². The lowest BCUT2D eigenvalue weighted by Gasteiger charge is -2.27. The zero-order valence-electron chi connectivity index (χ0n) is 11.8. The van der Waals surface area contributed by atoms with Gasteiger partial charge in [-0.1, -0.05) is 30.3 Å². The van der Waals surface area contributed by atoms with E-state index in [1.54, 1.807) is 6.92 Å². The van der Waals surface area contributed by atoms with Gasteiger partial charge in [0.2, 0.25) is 5.91 Å². The molecule has 0 spiro atoms. The second kappa shape index (κ2) is 7.62. The number of carbonyl (C=O) groups excluding carboxylic acids is 1. The van der Waals surface area contributed by atoms with Crippen LogP contribution in [0.25, 0.3) is 0 Å². The van der Waals surface area contributed by atoms with E-state index in [2.05, 4.69) is 5.32 Å². The van der Waals surface area contributed by atoms with Crippen molar-refractivity contribution in [3.8, 4) is 0 Å². The standard InChI is InChI=1S/C15H22N2O2.ClH/c1-15(16,12-6-3-2-4-7-12)14(18)17-13-8-5-10-19-11-9-13;/h2-4,6-7,13H,5,8-11,16H2,1H3,(H,17,18);1H. The van der Waals surface area contributed by atoms with Crippen molar-refractivity contribution >= 4 is 18.3 Å². The predicted molar refractivity (Wildman–Crippen MR) is 81.8 cm³/mol. The molecule has 0 aliphatic carbocycles. The molecule has 1 aromatic carbocycles. The molecule has 4 nitrogen and oxygen atoms in total. The van der Waals surface area contributed by atoms with Crippen LogP contribution in [-0.2, 0) is 15.1 Å². The fraction of sp³-hybridized carbons (Fsp3) is 0.533. The number of benzene rings is 1. The predicted octanol–water partition coefficient (Wildman–Crippen LogP) is 1.97. The number of ether oxygens (including phenoxy) is 1. The first-order valence-corrected chi connectivity index (χ1v) is 6.84. The van der Waals surface area contributed by atoms with Gasteiger partial charge < -0.3 is 15.8 Å². The lowest BCUT2D eigenvalue weighted by atomic mass is 9.91. The number of rotatable bonds is 3. The molecule has 1 heterocycles. The second-order valence-corrected chi connectivity index (χ2v) is 5.28. The van der Waals surface area contributed by atoms with Crippen LogP contribution in [0.2, 0.25) is 0 Å². The van der Waals surface area contributed by atoms with Crippen LogP contribution in [0.3, 0.4) is 0 Å². The molecule has 1 aliphatic rings. The average molecular weight is 299 g/mol.